The molecule has 1 saturated heterocycles. The molecule has 10 heteroatoms. The number of thiazole rings is 2. The average molecular weight is 515 g/mol. The lowest BCUT2D eigenvalue weighted by atomic mass is 9.88. The molecule has 0 spiro atoms. The maximum absolute atomic E-state index is 13.4. The van der Waals surface area contributed by atoms with Gasteiger partial charge in [0.1, 0.15) is 5.01 Å². The van der Waals surface area contributed by atoms with Gasteiger partial charge in [-0.05, 0) is 18.1 Å². The quantitative estimate of drug-likeness (QED) is 0.506. The normalized spacial score (nSPS) is 19.1. The first-order chi connectivity index (χ1) is 16.5. The summed E-state index contributed by atoms with van der Waals surface area (Å²) in [7, 11) is 0. The number of hydrogen-bond donors (Lipinski definition) is 2. The molecule has 3 heterocycles. The van der Waals surface area contributed by atoms with E-state index in [2.05, 4.69) is 34.2 Å². The number of hydrogen-bond acceptors (Lipinski definition) is 8. The van der Waals surface area contributed by atoms with Crippen molar-refractivity contribution in [3.63, 3.8) is 0 Å². The van der Waals surface area contributed by atoms with Gasteiger partial charge in [-0.3, -0.25) is 4.79 Å². The van der Waals surface area contributed by atoms with E-state index in [4.69, 9.17) is 10.5 Å². The van der Waals surface area contributed by atoms with Crippen LogP contribution in [0.25, 0.3) is 10.4 Å². The number of β-amino-alcohol motifs (C(OH)–C–C–N with tert-alkyl or cyclic N) is 1. The monoisotopic (exact) mass is 514 g/mol. The van der Waals surface area contributed by atoms with Gasteiger partial charge >= 0.3 is 6.09 Å². The van der Waals surface area contributed by atoms with Crippen molar-refractivity contribution in [2.75, 3.05) is 6.54 Å². The molecule has 35 heavy (non-hydrogen) atoms. The zero-order valence-corrected chi connectivity index (χ0v) is 21.9. The third-order valence-corrected chi connectivity index (χ3v) is 8.08. The van der Waals surface area contributed by atoms with Crippen molar-refractivity contribution < 1.29 is 19.4 Å². The molecule has 0 bridgehead atoms. The molecule has 8 nitrogen and oxygen atoms in total. The van der Waals surface area contributed by atoms with Gasteiger partial charge in [0.05, 0.1) is 28.2 Å². The lowest BCUT2D eigenvalue weighted by Gasteiger charge is -2.33. The topological polar surface area (TPSA) is 119 Å². The molecule has 0 aliphatic carbocycles. The molecule has 2 amide bonds. The number of rotatable bonds is 6. The van der Waals surface area contributed by atoms with Crippen LogP contribution in [0, 0.1) is 12.3 Å². The van der Waals surface area contributed by atoms with Crippen LogP contribution in [0.3, 0.4) is 0 Å². The molecule has 3 N–H and O–H groups in total. The Kier molecular flexibility index (Phi) is 7.25. The fraction of sp³-hybridized carbons (Fsp3) is 0.440. The number of ether oxygens (including phenoxy) is 1. The molecule has 4 rings (SSSR count). The minimum Gasteiger partial charge on any atom is -0.436 e. The molecule has 1 aromatic carbocycles. The number of nitrogens with two attached hydrogens (primary N) is 1. The van der Waals surface area contributed by atoms with Gasteiger partial charge in [0.15, 0.2) is 6.10 Å². The fourth-order valence-electron chi connectivity index (χ4n) is 4.27. The Bertz CT molecular complexity index is 1200. The van der Waals surface area contributed by atoms with Crippen LogP contribution in [0.1, 0.15) is 54.4 Å². The second-order valence-corrected chi connectivity index (χ2v) is 11.9. The maximum atomic E-state index is 13.4. The number of amides is 2. The molecule has 2 aromatic heterocycles. The molecule has 0 saturated carbocycles. The van der Waals surface area contributed by atoms with Gasteiger partial charge in [-0.2, -0.15) is 0 Å². The number of likely N-dealkylation sites (tertiary alicyclic amines) is 1. The first-order valence-electron chi connectivity index (χ1n) is 11.4. The van der Waals surface area contributed by atoms with E-state index in [9.17, 15) is 14.7 Å². The van der Waals surface area contributed by atoms with E-state index in [1.54, 1.807) is 16.2 Å². The summed E-state index contributed by atoms with van der Waals surface area (Å²) < 4.78 is 5.18. The van der Waals surface area contributed by atoms with E-state index in [-0.39, 0.29) is 18.5 Å². The Labute approximate surface area is 212 Å². The number of aliphatic hydroxyl groups is 1. The summed E-state index contributed by atoms with van der Waals surface area (Å²) in [4.78, 5) is 37.5. The van der Waals surface area contributed by atoms with Crippen LogP contribution in [0.15, 0.2) is 36.0 Å². The van der Waals surface area contributed by atoms with Gasteiger partial charge in [0.25, 0.3) is 5.91 Å². The first kappa shape index (κ1) is 25.3. The number of nitrogens with zero attached hydrogens (tertiary/aromatic N) is 3. The van der Waals surface area contributed by atoms with E-state index in [0.717, 1.165) is 33.1 Å². The van der Waals surface area contributed by atoms with Crippen LogP contribution in [0.4, 0.5) is 4.79 Å². The third-order valence-electron chi connectivity index (χ3n) is 6.00. The van der Waals surface area contributed by atoms with E-state index >= 15 is 0 Å². The van der Waals surface area contributed by atoms with E-state index in [0.29, 0.717) is 6.42 Å². The van der Waals surface area contributed by atoms with Crippen molar-refractivity contribution in [1.29, 1.82) is 0 Å². The molecule has 0 unspecified atom stereocenters. The number of benzene rings is 1. The SMILES string of the molecule is Cc1ncsc1-c1ccc(Cc2cnc([C@@H]3C[C@@H](O)CN3C(=O)[C@@H](OC(N)=O)C(C)(C)C)s2)cc1. The Morgan fingerprint density at radius 3 is 2.57 bits per heavy atom. The first-order valence-corrected chi connectivity index (χ1v) is 13.1. The summed E-state index contributed by atoms with van der Waals surface area (Å²) in [6, 6.07) is 8.05. The molecule has 0 radical (unpaired) electrons. The van der Waals surface area contributed by atoms with E-state index in [1.165, 1.54) is 16.2 Å². The molecule has 3 atom stereocenters. The molecule has 186 valence electrons. The fourth-order valence-corrected chi connectivity index (χ4v) is 6.16. The summed E-state index contributed by atoms with van der Waals surface area (Å²) in [6.07, 6.45) is 0.215. The van der Waals surface area contributed by atoms with Crippen molar-refractivity contribution in [3.8, 4) is 10.4 Å². The van der Waals surface area contributed by atoms with Gasteiger partial charge in [0, 0.05) is 35.9 Å². The van der Waals surface area contributed by atoms with Gasteiger partial charge in [-0.15, -0.1) is 22.7 Å². The zero-order valence-electron chi connectivity index (χ0n) is 20.2. The van der Waals surface area contributed by atoms with Gasteiger partial charge in [-0.1, -0.05) is 45.0 Å². The molecule has 1 fully saturated rings. The highest BCUT2D eigenvalue weighted by Gasteiger charge is 2.44. The predicted molar refractivity (Wildman–Crippen MR) is 136 cm³/mol. The smallest absolute Gasteiger partial charge is 0.405 e. The maximum Gasteiger partial charge on any atom is 0.405 e. The second kappa shape index (κ2) is 10.0. The summed E-state index contributed by atoms with van der Waals surface area (Å²) in [5.41, 5.74) is 9.77. The number of carbonyl (C=O) groups excluding carboxylic acids is 2. The molecule has 3 aromatic rings. The predicted octanol–water partition coefficient (Wildman–Crippen LogP) is 4.31. The number of carbonyl (C=O) groups is 2. The van der Waals surface area contributed by atoms with Crippen LogP contribution in [-0.2, 0) is 16.0 Å². The molecule has 1 aliphatic heterocycles. The molecular formula is C25H30N4O4S2. The van der Waals surface area contributed by atoms with Crippen molar-refractivity contribution in [2.24, 2.45) is 11.1 Å². The number of aromatic nitrogens is 2. The average Bonchev–Trinajstić information content (AvgIpc) is 3.51. The highest BCUT2D eigenvalue weighted by molar-refractivity contribution is 7.13. The lowest BCUT2D eigenvalue weighted by molar-refractivity contribution is -0.147. The summed E-state index contributed by atoms with van der Waals surface area (Å²) in [5, 5.41) is 11.1. The van der Waals surface area contributed by atoms with Crippen LogP contribution in [0.5, 0.6) is 0 Å². The van der Waals surface area contributed by atoms with Crippen molar-refractivity contribution in [3.05, 3.63) is 57.1 Å². The molecule has 1 aliphatic rings. The lowest BCUT2D eigenvalue weighted by Crippen LogP contribution is -2.48. The summed E-state index contributed by atoms with van der Waals surface area (Å²) in [6.45, 7) is 7.59. The highest BCUT2D eigenvalue weighted by Crippen LogP contribution is 2.37. The van der Waals surface area contributed by atoms with E-state index < -0.39 is 23.7 Å². The summed E-state index contributed by atoms with van der Waals surface area (Å²) >= 11 is 3.16. The Morgan fingerprint density at radius 2 is 1.97 bits per heavy atom. The zero-order chi connectivity index (χ0) is 25.3. The van der Waals surface area contributed by atoms with Crippen LogP contribution < -0.4 is 5.73 Å². The van der Waals surface area contributed by atoms with Crippen LogP contribution in [0.2, 0.25) is 0 Å². The van der Waals surface area contributed by atoms with Gasteiger partial charge in [0.2, 0.25) is 0 Å². The number of primary amides is 1. The molecular weight excluding hydrogens is 484 g/mol. The Morgan fingerprint density at radius 1 is 1.26 bits per heavy atom. The Hall–Kier alpha value is -2.82. The van der Waals surface area contributed by atoms with Crippen molar-refractivity contribution in [2.45, 2.75) is 58.8 Å². The Balaban J connectivity index is 1.50. The van der Waals surface area contributed by atoms with Crippen LogP contribution >= 0.6 is 22.7 Å². The number of aryl methyl sites for hydroxylation is 1. The highest BCUT2D eigenvalue weighted by atomic mass is 32.1. The minimum absolute atomic E-state index is 0.158. The van der Waals surface area contributed by atoms with Crippen molar-refractivity contribution in [1.82, 2.24) is 14.9 Å². The minimum atomic E-state index is -1.05. The second-order valence-electron chi connectivity index (χ2n) is 9.88. The van der Waals surface area contributed by atoms with Gasteiger partial charge < -0.3 is 20.5 Å². The van der Waals surface area contributed by atoms with Crippen molar-refractivity contribution >= 4 is 34.7 Å². The third kappa shape index (κ3) is 5.71. The van der Waals surface area contributed by atoms with Gasteiger partial charge in [-0.25, -0.2) is 14.8 Å². The number of aliphatic hydroxyl groups excluding tert-OH is 1. The van der Waals surface area contributed by atoms with E-state index in [1.807, 2.05) is 39.4 Å². The standard InChI is InChI=1S/C25H30N4O4S2/c1-14-20(34-13-28-14)16-7-5-15(6-8-16)9-18-11-27-22(35-18)19-10-17(30)12-29(19)23(31)21(25(2,3)4)33-24(26)32/h5-8,11,13,17,19,21,30H,9-10,12H2,1-4H3,(H2,26,32)/t17-,19+,21-/m1/s1. The van der Waals surface area contributed by atoms with Crippen LogP contribution in [-0.4, -0.2) is 50.7 Å². The largest absolute Gasteiger partial charge is 0.436 e. The summed E-state index contributed by atoms with van der Waals surface area (Å²) in [5.74, 6) is -0.372.